The molecule has 1 aromatic carbocycles. The van der Waals surface area contributed by atoms with Gasteiger partial charge in [0.05, 0.1) is 18.5 Å². The summed E-state index contributed by atoms with van der Waals surface area (Å²) in [5, 5.41) is 4.87. The third-order valence-electron chi connectivity index (χ3n) is 4.08. The molecule has 0 aliphatic rings. The van der Waals surface area contributed by atoms with E-state index < -0.39 is 0 Å². The summed E-state index contributed by atoms with van der Waals surface area (Å²) in [5.41, 5.74) is 2.87. The molecule has 0 spiro atoms. The van der Waals surface area contributed by atoms with Crippen molar-refractivity contribution in [3.8, 4) is 16.2 Å². The number of rotatable bonds is 5. The minimum atomic E-state index is -0.0488. The number of ether oxygens (including phenoxy) is 1. The molecule has 130 valence electrons. The summed E-state index contributed by atoms with van der Waals surface area (Å²) < 4.78 is 5.20. The molecule has 2 N–H and O–H groups in total. The molecule has 0 radical (unpaired) electrons. The van der Waals surface area contributed by atoms with Gasteiger partial charge >= 0.3 is 0 Å². The van der Waals surface area contributed by atoms with Crippen molar-refractivity contribution in [2.24, 2.45) is 0 Å². The number of benzene rings is 1. The van der Waals surface area contributed by atoms with Crippen LogP contribution in [0.2, 0.25) is 0 Å². The van der Waals surface area contributed by atoms with E-state index in [1.54, 1.807) is 24.6 Å². The van der Waals surface area contributed by atoms with Gasteiger partial charge in [-0.05, 0) is 42.0 Å². The van der Waals surface area contributed by atoms with Crippen LogP contribution in [0.5, 0.6) is 5.75 Å². The predicted octanol–water partition coefficient (Wildman–Crippen LogP) is 4.48. The summed E-state index contributed by atoms with van der Waals surface area (Å²) >= 11 is 1.55. The maximum atomic E-state index is 12.3. The van der Waals surface area contributed by atoms with E-state index in [2.05, 4.69) is 15.3 Å². The Hall–Kier alpha value is -3.12. The number of aromatic nitrogens is 2. The number of pyridine rings is 1. The van der Waals surface area contributed by atoms with Crippen LogP contribution in [0.3, 0.4) is 0 Å². The van der Waals surface area contributed by atoms with Crippen LogP contribution in [0.4, 0.5) is 5.00 Å². The van der Waals surface area contributed by atoms with Gasteiger partial charge in [0.1, 0.15) is 11.4 Å². The molecule has 0 aliphatic carbocycles. The average Bonchev–Trinajstić information content (AvgIpc) is 3.28. The molecule has 0 fully saturated rings. The largest absolute Gasteiger partial charge is 0.497 e. The van der Waals surface area contributed by atoms with E-state index in [0.717, 1.165) is 37.8 Å². The highest BCUT2D eigenvalue weighted by atomic mass is 32.1. The second-order valence-corrected chi connectivity index (χ2v) is 6.93. The summed E-state index contributed by atoms with van der Waals surface area (Å²) in [6.45, 7) is 0. The molecule has 3 heterocycles. The summed E-state index contributed by atoms with van der Waals surface area (Å²) in [4.78, 5) is 20.9. The van der Waals surface area contributed by atoms with Crippen LogP contribution in [0.15, 0.2) is 60.9 Å². The lowest BCUT2D eigenvalue weighted by Gasteiger charge is -2.05. The van der Waals surface area contributed by atoms with Crippen LogP contribution in [-0.2, 0) is 11.2 Å². The molecule has 6 heteroatoms. The fourth-order valence-electron chi connectivity index (χ4n) is 2.86. The van der Waals surface area contributed by atoms with Crippen LogP contribution in [0.25, 0.3) is 21.5 Å². The highest BCUT2D eigenvalue weighted by Crippen LogP contribution is 2.35. The second kappa shape index (κ2) is 7.01. The van der Waals surface area contributed by atoms with Gasteiger partial charge in [0.25, 0.3) is 0 Å². The Bertz CT molecular complexity index is 1070. The highest BCUT2D eigenvalue weighted by molar-refractivity contribution is 7.19. The smallest absolute Gasteiger partial charge is 0.229 e. The van der Waals surface area contributed by atoms with E-state index in [-0.39, 0.29) is 5.91 Å². The van der Waals surface area contributed by atoms with E-state index in [4.69, 9.17) is 4.74 Å². The first kappa shape index (κ1) is 16.4. The maximum Gasteiger partial charge on any atom is 0.229 e. The number of carbonyl (C=O) groups excluding carboxylic acids is 1. The molecular weight excluding hydrogens is 346 g/mol. The number of aromatic amines is 1. The number of fused-ring (bicyclic) bond motifs is 1. The average molecular weight is 363 g/mol. The Balaban J connectivity index is 1.49. The molecule has 0 saturated heterocycles. The van der Waals surface area contributed by atoms with Gasteiger partial charge in [-0.15, -0.1) is 11.3 Å². The molecule has 4 aromatic rings. The maximum absolute atomic E-state index is 12.3. The summed E-state index contributed by atoms with van der Waals surface area (Å²) in [6, 6.07) is 15.4. The lowest BCUT2D eigenvalue weighted by atomic mass is 10.1. The standard InChI is InChI=1S/C20H17N3O2S/c1-25-14-5-2-4-13(10-14)11-18(24)23-19-8-7-17(26-19)16-12-22-20-15(16)6-3-9-21-20/h2-10,12H,11H2,1H3,(H,21,22)(H,23,24). The normalized spacial score (nSPS) is 10.8. The third-order valence-corrected chi connectivity index (χ3v) is 5.12. The lowest BCUT2D eigenvalue weighted by molar-refractivity contribution is -0.115. The molecule has 26 heavy (non-hydrogen) atoms. The number of thiophene rings is 1. The number of hydrogen-bond donors (Lipinski definition) is 2. The number of methoxy groups -OCH3 is 1. The molecular formula is C20H17N3O2S. The van der Waals surface area contributed by atoms with Crippen LogP contribution in [0.1, 0.15) is 5.56 Å². The van der Waals surface area contributed by atoms with Crippen LogP contribution in [0, 0.1) is 0 Å². The summed E-state index contributed by atoms with van der Waals surface area (Å²) in [6.07, 6.45) is 4.02. The van der Waals surface area contributed by atoms with Crippen LogP contribution < -0.4 is 10.1 Å². The Morgan fingerprint density at radius 3 is 3.04 bits per heavy atom. The zero-order chi connectivity index (χ0) is 17.9. The first-order chi connectivity index (χ1) is 12.7. The number of amides is 1. The Kier molecular flexibility index (Phi) is 4.41. The van der Waals surface area contributed by atoms with E-state index >= 15 is 0 Å². The minimum Gasteiger partial charge on any atom is -0.497 e. The molecule has 0 bridgehead atoms. The summed E-state index contributed by atoms with van der Waals surface area (Å²) in [5.74, 6) is 0.703. The monoisotopic (exact) mass is 363 g/mol. The predicted molar refractivity (Wildman–Crippen MR) is 105 cm³/mol. The van der Waals surface area contributed by atoms with Gasteiger partial charge in [-0.3, -0.25) is 4.79 Å². The molecule has 0 saturated carbocycles. The SMILES string of the molecule is COc1cccc(CC(=O)Nc2ccc(-c3c[nH]c4ncccc34)s2)c1. The summed E-state index contributed by atoms with van der Waals surface area (Å²) in [7, 11) is 1.62. The van der Waals surface area contributed by atoms with Gasteiger partial charge in [-0.25, -0.2) is 4.98 Å². The Morgan fingerprint density at radius 1 is 1.23 bits per heavy atom. The molecule has 1 amide bonds. The van der Waals surface area contributed by atoms with Gasteiger partial charge < -0.3 is 15.0 Å². The first-order valence-electron chi connectivity index (χ1n) is 8.18. The fraction of sp³-hybridized carbons (Fsp3) is 0.100. The van der Waals surface area contributed by atoms with Gasteiger partial charge in [0.2, 0.25) is 5.91 Å². The number of H-pyrrole nitrogens is 1. The van der Waals surface area contributed by atoms with Crippen molar-refractivity contribution in [2.75, 3.05) is 12.4 Å². The third kappa shape index (κ3) is 3.32. The molecule has 0 unspecified atom stereocenters. The van der Waals surface area contributed by atoms with Crippen LogP contribution >= 0.6 is 11.3 Å². The fourth-order valence-corrected chi connectivity index (χ4v) is 3.81. The van der Waals surface area contributed by atoms with Crippen molar-refractivity contribution in [1.82, 2.24) is 9.97 Å². The molecule has 4 rings (SSSR count). The molecule has 0 aliphatic heterocycles. The van der Waals surface area contributed by atoms with E-state index in [1.807, 2.05) is 54.7 Å². The van der Waals surface area contributed by atoms with Crippen molar-refractivity contribution in [1.29, 1.82) is 0 Å². The molecule has 5 nitrogen and oxygen atoms in total. The zero-order valence-electron chi connectivity index (χ0n) is 14.2. The Morgan fingerprint density at radius 2 is 2.15 bits per heavy atom. The van der Waals surface area contributed by atoms with E-state index in [9.17, 15) is 4.79 Å². The van der Waals surface area contributed by atoms with Crippen molar-refractivity contribution < 1.29 is 9.53 Å². The second-order valence-electron chi connectivity index (χ2n) is 5.84. The number of nitrogens with zero attached hydrogens (tertiary/aromatic N) is 1. The van der Waals surface area contributed by atoms with Gasteiger partial charge in [0, 0.05) is 28.2 Å². The number of hydrogen-bond acceptors (Lipinski definition) is 4. The number of anilines is 1. The molecule has 3 aromatic heterocycles. The quantitative estimate of drug-likeness (QED) is 0.549. The lowest BCUT2D eigenvalue weighted by Crippen LogP contribution is -2.13. The van der Waals surface area contributed by atoms with Crippen LogP contribution in [-0.4, -0.2) is 23.0 Å². The van der Waals surface area contributed by atoms with Crippen molar-refractivity contribution in [3.63, 3.8) is 0 Å². The van der Waals surface area contributed by atoms with E-state index in [0.29, 0.717) is 6.42 Å². The number of nitrogens with one attached hydrogen (secondary N) is 2. The van der Waals surface area contributed by atoms with Crippen molar-refractivity contribution >= 4 is 33.3 Å². The number of carbonyl (C=O) groups is 1. The van der Waals surface area contributed by atoms with Crippen molar-refractivity contribution in [2.45, 2.75) is 6.42 Å². The van der Waals surface area contributed by atoms with Gasteiger partial charge in [-0.2, -0.15) is 0 Å². The van der Waals surface area contributed by atoms with Gasteiger partial charge in [-0.1, -0.05) is 12.1 Å². The topological polar surface area (TPSA) is 67.0 Å². The molecule has 0 atom stereocenters. The Labute approximate surface area is 154 Å². The minimum absolute atomic E-state index is 0.0488. The first-order valence-corrected chi connectivity index (χ1v) is 8.99. The highest BCUT2D eigenvalue weighted by Gasteiger charge is 2.11. The zero-order valence-corrected chi connectivity index (χ0v) is 15.0. The van der Waals surface area contributed by atoms with Crippen molar-refractivity contribution in [3.05, 3.63) is 66.5 Å². The van der Waals surface area contributed by atoms with Gasteiger partial charge in [0.15, 0.2) is 0 Å². The van der Waals surface area contributed by atoms with E-state index in [1.165, 1.54) is 0 Å².